The molecule has 1 aliphatic carbocycles. The molecule has 0 atom stereocenters. The molecule has 0 radical (unpaired) electrons. The lowest BCUT2D eigenvalue weighted by Gasteiger charge is -2.45. The number of carbonyl (C=O) groups is 1. The average molecular weight is 308 g/mol. The van der Waals surface area contributed by atoms with Crippen LogP contribution in [0, 0.1) is 5.92 Å². The van der Waals surface area contributed by atoms with Crippen molar-refractivity contribution in [2.75, 3.05) is 33.3 Å². The number of hydrogen-bond donors (Lipinski definition) is 1. The fourth-order valence-electron chi connectivity index (χ4n) is 3.54. The summed E-state index contributed by atoms with van der Waals surface area (Å²) in [5.41, 5.74) is -0.872. The van der Waals surface area contributed by atoms with Crippen molar-refractivity contribution in [1.29, 1.82) is 0 Å². The number of nitrogens with zero attached hydrogens (tertiary/aromatic N) is 1. The van der Waals surface area contributed by atoms with Crippen LogP contribution in [0.2, 0.25) is 0 Å². The lowest BCUT2D eigenvalue weighted by atomic mass is 9.75. The van der Waals surface area contributed by atoms with E-state index in [1.54, 1.807) is 0 Å². The maximum Gasteiger partial charge on any atom is 0.391 e. The maximum absolute atomic E-state index is 12.8. The lowest BCUT2D eigenvalue weighted by Crippen LogP contribution is -2.58. The number of rotatable bonds is 2. The minimum Gasteiger partial charge on any atom is -0.468 e. The molecule has 0 unspecified atom stereocenters. The molecule has 1 saturated carbocycles. The Morgan fingerprint density at radius 1 is 1.24 bits per heavy atom. The van der Waals surface area contributed by atoms with E-state index in [2.05, 4.69) is 5.32 Å². The van der Waals surface area contributed by atoms with Gasteiger partial charge in [0.15, 0.2) is 0 Å². The van der Waals surface area contributed by atoms with Crippen molar-refractivity contribution in [3.8, 4) is 0 Å². The summed E-state index contributed by atoms with van der Waals surface area (Å²) in [5, 5.41) is 3.25. The standard InChI is InChI=1S/C14H23F3N2O2/c1-21-12(20)13(19-9-2-7-18-8-10-19)5-3-11(4-6-13)14(15,16)17/h11,18H,2-10H2,1H3. The second-order valence-electron chi connectivity index (χ2n) is 5.93. The van der Waals surface area contributed by atoms with Crippen molar-refractivity contribution in [2.45, 2.75) is 43.8 Å². The van der Waals surface area contributed by atoms with E-state index in [9.17, 15) is 18.0 Å². The number of alkyl halides is 3. The van der Waals surface area contributed by atoms with Gasteiger partial charge in [-0.3, -0.25) is 9.69 Å². The molecule has 1 N–H and O–H groups in total. The van der Waals surface area contributed by atoms with E-state index in [-0.39, 0.29) is 31.7 Å². The van der Waals surface area contributed by atoms with E-state index in [0.717, 1.165) is 26.1 Å². The van der Waals surface area contributed by atoms with E-state index in [0.29, 0.717) is 6.54 Å². The van der Waals surface area contributed by atoms with Gasteiger partial charge in [0.2, 0.25) is 0 Å². The summed E-state index contributed by atoms with van der Waals surface area (Å²) < 4.78 is 43.5. The Morgan fingerprint density at radius 2 is 1.90 bits per heavy atom. The van der Waals surface area contributed by atoms with Crippen LogP contribution >= 0.6 is 0 Å². The number of ether oxygens (including phenoxy) is 1. The molecule has 1 saturated heterocycles. The Bertz CT molecular complexity index is 358. The molecule has 1 heterocycles. The summed E-state index contributed by atoms with van der Waals surface area (Å²) in [6, 6.07) is 0. The zero-order valence-electron chi connectivity index (χ0n) is 12.3. The van der Waals surface area contributed by atoms with E-state index in [1.165, 1.54) is 7.11 Å². The van der Waals surface area contributed by atoms with Crippen molar-refractivity contribution >= 4 is 5.97 Å². The number of nitrogens with one attached hydrogen (secondary N) is 1. The second-order valence-corrected chi connectivity index (χ2v) is 5.93. The highest BCUT2D eigenvalue weighted by molar-refractivity contribution is 5.81. The van der Waals surface area contributed by atoms with E-state index in [1.807, 2.05) is 4.90 Å². The molecule has 21 heavy (non-hydrogen) atoms. The Morgan fingerprint density at radius 3 is 2.48 bits per heavy atom. The Labute approximate surface area is 123 Å². The van der Waals surface area contributed by atoms with Crippen LogP contribution < -0.4 is 5.32 Å². The van der Waals surface area contributed by atoms with Crippen molar-refractivity contribution in [3.63, 3.8) is 0 Å². The first kappa shape index (κ1) is 16.5. The number of hydrogen-bond acceptors (Lipinski definition) is 4. The minimum absolute atomic E-state index is 0.00251. The Hall–Kier alpha value is -0.820. The highest BCUT2D eigenvalue weighted by Crippen LogP contribution is 2.44. The minimum atomic E-state index is -4.16. The van der Waals surface area contributed by atoms with Gasteiger partial charge in [0.05, 0.1) is 13.0 Å². The molecule has 0 amide bonds. The summed E-state index contributed by atoms with van der Waals surface area (Å²) in [4.78, 5) is 14.3. The Balaban J connectivity index is 2.14. The molecule has 2 fully saturated rings. The highest BCUT2D eigenvalue weighted by atomic mass is 19.4. The first-order valence-electron chi connectivity index (χ1n) is 7.51. The molecule has 4 nitrogen and oxygen atoms in total. The molecular weight excluding hydrogens is 285 g/mol. The number of halogens is 3. The smallest absolute Gasteiger partial charge is 0.391 e. The summed E-state index contributed by atoms with van der Waals surface area (Å²) in [7, 11) is 1.32. The summed E-state index contributed by atoms with van der Waals surface area (Å²) in [6.07, 6.45) is -2.82. The molecule has 0 aromatic rings. The molecule has 2 aliphatic rings. The predicted octanol–water partition coefficient (Wildman–Crippen LogP) is 1.95. The molecule has 0 aromatic carbocycles. The van der Waals surface area contributed by atoms with Crippen LogP contribution in [-0.2, 0) is 9.53 Å². The average Bonchev–Trinajstić information content (AvgIpc) is 2.75. The van der Waals surface area contributed by atoms with Gasteiger partial charge in [-0.15, -0.1) is 0 Å². The zero-order chi connectivity index (χ0) is 15.5. The molecule has 7 heteroatoms. The second kappa shape index (κ2) is 6.52. The van der Waals surface area contributed by atoms with E-state index in [4.69, 9.17) is 4.74 Å². The lowest BCUT2D eigenvalue weighted by molar-refractivity contribution is -0.194. The van der Waals surface area contributed by atoms with Gasteiger partial charge in [-0.1, -0.05) is 0 Å². The van der Waals surface area contributed by atoms with E-state index < -0.39 is 17.6 Å². The number of methoxy groups -OCH3 is 1. The number of esters is 1. The van der Waals surface area contributed by atoms with Crippen LogP contribution in [0.4, 0.5) is 13.2 Å². The highest BCUT2D eigenvalue weighted by Gasteiger charge is 2.52. The first-order valence-corrected chi connectivity index (χ1v) is 7.51. The SMILES string of the molecule is COC(=O)C1(N2CCCNCC2)CCC(C(F)(F)F)CC1. The maximum atomic E-state index is 12.8. The third kappa shape index (κ3) is 3.51. The fraction of sp³-hybridized carbons (Fsp3) is 0.929. The van der Waals surface area contributed by atoms with Crippen LogP contribution in [0.3, 0.4) is 0 Å². The largest absolute Gasteiger partial charge is 0.468 e. The first-order chi connectivity index (χ1) is 9.90. The van der Waals surface area contributed by atoms with Crippen LogP contribution in [-0.4, -0.2) is 55.9 Å². The summed E-state index contributed by atoms with van der Waals surface area (Å²) >= 11 is 0. The van der Waals surface area contributed by atoms with Crippen LogP contribution in [0.25, 0.3) is 0 Å². The van der Waals surface area contributed by atoms with Crippen molar-refractivity contribution in [2.24, 2.45) is 5.92 Å². The molecule has 1 aliphatic heterocycles. The summed E-state index contributed by atoms with van der Waals surface area (Å²) in [6.45, 7) is 3.02. The normalized spacial score (nSPS) is 32.5. The molecule has 0 aromatic heterocycles. The third-order valence-corrected chi connectivity index (χ3v) is 4.79. The van der Waals surface area contributed by atoms with Gasteiger partial charge in [0.25, 0.3) is 0 Å². The Kier molecular flexibility index (Phi) is 5.14. The summed E-state index contributed by atoms with van der Waals surface area (Å²) in [5.74, 6) is -1.68. The molecule has 2 rings (SSSR count). The van der Waals surface area contributed by atoms with Crippen LogP contribution in [0.15, 0.2) is 0 Å². The molecular formula is C14H23F3N2O2. The van der Waals surface area contributed by atoms with Gasteiger partial charge in [-0.2, -0.15) is 13.2 Å². The predicted molar refractivity (Wildman–Crippen MR) is 71.8 cm³/mol. The molecule has 0 bridgehead atoms. The van der Waals surface area contributed by atoms with Crippen molar-refractivity contribution < 1.29 is 22.7 Å². The van der Waals surface area contributed by atoms with Crippen molar-refractivity contribution in [1.82, 2.24) is 10.2 Å². The van der Waals surface area contributed by atoms with Gasteiger partial charge in [-0.25, -0.2) is 0 Å². The number of carbonyl (C=O) groups excluding carboxylic acids is 1. The van der Waals surface area contributed by atoms with Crippen LogP contribution in [0.1, 0.15) is 32.1 Å². The van der Waals surface area contributed by atoms with Gasteiger partial charge in [0.1, 0.15) is 5.54 Å². The monoisotopic (exact) mass is 308 g/mol. The fourth-order valence-corrected chi connectivity index (χ4v) is 3.54. The van der Waals surface area contributed by atoms with Crippen LogP contribution in [0.5, 0.6) is 0 Å². The van der Waals surface area contributed by atoms with Gasteiger partial charge < -0.3 is 10.1 Å². The quantitative estimate of drug-likeness (QED) is 0.792. The zero-order valence-corrected chi connectivity index (χ0v) is 12.3. The third-order valence-electron chi connectivity index (χ3n) is 4.79. The molecule has 0 spiro atoms. The van der Waals surface area contributed by atoms with Gasteiger partial charge in [0, 0.05) is 19.6 Å². The topological polar surface area (TPSA) is 41.6 Å². The molecule has 122 valence electrons. The van der Waals surface area contributed by atoms with Gasteiger partial charge in [-0.05, 0) is 38.6 Å². The van der Waals surface area contributed by atoms with Crippen molar-refractivity contribution in [3.05, 3.63) is 0 Å². The van der Waals surface area contributed by atoms with E-state index >= 15 is 0 Å². The van der Waals surface area contributed by atoms with Gasteiger partial charge >= 0.3 is 12.1 Å².